The van der Waals surface area contributed by atoms with Crippen LogP contribution in [0.2, 0.25) is 0 Å². The Hall–Kier alpha value is -1.53. The lowest BCUT2D eigenvalue weighted by molar-refractivity contribution is -0.117. The van der Waals surface area contributed by atoms with Crippen LogP contribution >= 0.6 is 11.8 Å². The molecular weight excluding hydrogens is 262 g/mol. The number of thioether (sulfide) groups is 1. The van der Waals surface area contributed by atoms with Crippen molar-refractivity contribution in [2.24, 2.45) is 0 Å². The smallest absolute Gasteiger partial charge is 0.242 e. The van der Waals surface area contributed by atoms with E-state index >= 15 is 0 Å². The molecule has 19 heavy (non-hydrogen) atoms. The van der Waals surface area contributed by atoms with Gasteiger partial charge in [0.05, 0.1) is 6.04 Å². The molecule has 0 bridgehead atoms. The number of hydrogen-bond donors (Lipinski definition) is 3. The van der Waals surface area contributed by atoms with Gasteiger partial charge in [-0.3, -0.25) is 14.9 Å². The Labute approximate surface area is 116 Å². The van der Waals surface area contributed by atoms with E-state index in [1.54, 1.807) is 36.9 Å². The van der Waals surface area contributed by atoms with E-state index in [9.17, 15) is 9.59 Å². The molecule has 0 aliphatic carbocycles. The van der Waals surface area contributed by atoms with Crippen molar-refractivity contribution in [1.29, 1.82) is 0 Å². The summed E-state index contributed by atoms with van der Waals surface area (Å²) in [6.07, 6.45) is 0.430. The van der Waals surface area contributed by atoms with Crippen LogP contribution < -0.4 is 16.0 Å². The monoisotopic (exact) mass is 279 g/mol. The van der Waals surface area contributed by atoms with E-state index in [2.05, 4.69) is 16.0 Å². The number of rotatable bonds is 4. The maximum absolute atomic E-state index is 11.9. The summed E-state index contributed by atoms with van der Waals surface area (Å²) < 4.78 is 0. The summed E-state index contributed by atoms with van der Waals surface area (Å²) >= 11 is 1.71. The molecule has 5 nitrogen and oxygen atoms in total. The molecule has 2 rings (SSSR count). The van der Waals surface area contributed by atoms with Gasteiger partial charge in [-0.2, -0.15) is 0 Å². The van der Waals surface area contributed by atoms with Gasteiger partial charge in [-0.25, -0.2) is 0 Å². The molecule has 2 amide bonds. The SMILES string of the molecule is CCC(=O)Nc1cccc(NC(=O)C2CSCN2)c1. The van der Waals surface area contributed by atoms with Gasteiger partial charge in [0, 0.05) is 29.4 Å². The van der Waals surface area contributed by atoms with Crippen molar-refractivity contribution >= 4 is 35.0 Å². The van der Waals surface area contributed by atoms with E-state index in [0.29, 0.717) is 17.8 Å². The number of carbonyl (C=O) groups excluding carboxylic acids is 2. The standard InChI is InChI=1S/C13H17N3O2S/c1-2-12(17)15-9-4-3-5-10(6-9)16-13(18)11-7-19-8-14-11/h3-6,11,14H,2,7-8H2,1H3,(H,15,17)(H,16,18). The summed E-state index contributed by atoms with van der Waals surface area (Å²) in [5, 5.41) is 8.73. The molecule has 1 aliphatic heterocycles. The predicted octanol–water partition coefficient (Wildman–Crippen LogP) is 1.64. The summed E-state index contributed by atoms with van der Waals surface area (Å²) in [4.78, 5) is 23.2. The molecule has 1 saturated heterocycles. The van der Waals surface area contributed by atoms with E-state index in [1.165, 1.54) is 0 Å². The van der Waals surface area contributed by atoms with Crippen molar-refractivity contribution in [3.8, 4) is 0 Å². The van der Waals surface area contributed by atoms with Crippen LogP contribution in [0, 0.1) is 0 Å². The van der Waals surface area contributed by atoms with Crippen LogP contribution in [-0.4, -0.2) is 29.5 Å². The van der Waals surface area contributed by atoms with Gasteiger partial charge in [-0.05, 0) is 18.2 Å². The molecule has 0 aromatic heterocycles. The number of nitrogens with one attached hydrogen (secondary N) is 3. The maximum atomic E-state index is 11.9. The Morgan fingerprint density at radius 1 is 1.37 bits per heavy atom. The molecule has 1 aliphatic rings. The first kappa shape index (κ1) is 13.9. The molecule has 1 atom stereocenters. The fourth-order valence-corrected chi connectivity index (χ4v) is 2.66. The normalized spacial score (nSPS) is 18.1. The summed E-state index contributed by atoms with van der Waals surface area (Å²) in [7, 11) is 0. The highest BCUT2D eigenvalue weighted by Gasteiger charge is 2.22. The summed E-state index contributed by atoms with van der Waals surface area (Å²) in [6.45, 7) is 1.80. The van der Waals surface area contributed by atoms with Gasteiger partial charge in [-0.1, -0.05) is 13.0 Å². The zero-order valence-corrected chi connectivity index (χ0v) is 11.5. The molecule has 102 valence electrons. The third kappa shape index (κ3) is 3.97. The van der Waals surface area contributed by atoms with E-state index in [1.807, 2.05) is 6.07 Å². The van der Waals surface area contributed by atoms with Gasteiger partial charge >= 0.3 is 0 Å². The Bertz CT molecular complexity index is 473. The van der Waals surface area contributed by atoms with Gasteiger partial charge in [0.15, 0.2) is 0 Å². The lowest BCUT2D eigenvalue weighted by atomic mass is 10.2. The molecule has 1 heterocycles. The zero-order chi connectivity index (χ0) is 13.7. The second-order valence-electron chi connectivity index (χ2n) is 4.24. The van der Waals surface area contributed by atoms with Crippen LogP contribution in [0.5, 0.6) is 0 Å². The van der Waals surface area contributed by atoms with Gasteiger partial charge in [0.1, 0.15) is 0 Å². The van der Waals surface area contributed by atoms with E-state index in [-0.39, 0.29) is 17.9 Å². The highest BCUT2D eigenvalue weighted by atomic mass is 32.2. The molecule has 0 radical (unpaired) electrons. The van der Waals surface area contributed by atoms with Crippen molar-refractivity contribution in [1.82, 2.24) is 5.32 Å². The van der Waals surface area contributed by atoms with E-state index in [4.69, 9.17) is 0 Å². The third-order valence-corrected chi connectivity index (χ3v) is 3.71. The first-order chi connectivity index (χ1) is 9.19. The number of benzene rings is 1. The van der Waals surface area contributed by atoms with Gasteiger partial charge < -0.3 is 10.6 Å². The summed E-state index contributed by atoms with van der Waals surface area (Å²) in [6, 6.07) is 7.03. The van der Waals surface area contributed by atoms with Gasteiger partial charge in [0.25, 0.3) is 0 Å². The molecule has 1 aromatic carbocycles. The molecule has 1 aromatic rings. The minimum atomic E-state index is -0.140. The van der Waals surface area contributed by atoms with Crippen LogP contribution in [-0.2, 0) is 9.59 Å². The van der Waals surface area contributed by atoms with E-state index < -0.39 is 0 Å². The van der Waals surface area contributed by atoms with Crippen LogP contribution in [0.4, 0.5) is 11.4 Å². The highest BCUT2D eigenvalue weighted by molar-refractivity contribution is 7.99. The number of amides is 2. The van der Waals surface area contributed by atoms with E-state index in [0.717, 1.165) is 11.6 Å². The highest BCUT2D eigenvalue weighted by Crippen LogP contribution is 2.17. The molecule has 0 saturated carbocycles. The average Bonchev–Trinajstić information content (AvgIpc) is 2.93. The molecule has 1 fully saturated rings. The average molecular weight is 279 g/mol. The van der Waals surface area contributed by atoms with Crippen molar-refractivity contribution in [3.05, 3.63) is 24.3 Å². The lowest BCUT2D eigenvalue weighted by Gasteiger charge is -2.11. The molecule has 6 heteroatoms. The Kier molecular flexibility index (Phi) is 4.81. The van der Waals surface area contributed by atoms with Gasteiger partial charge in [-0.15, -0.1) is 11.8 Å². The fraction of sp³-hybridized carbons (Fsp3) is 0.385. The molecule has 3 N–H and O–H groups in total. The molecule has 0 spiro atoms. The van der Waals surface area contributed by atoms with Crippen LogP contribution in [0.15, 0.2) is 24.3 Å². The topological polar surface area (TPSA) is 70.2 Å². The molecule has 1 unspecified atom stereocenters. The fourth-order valence-electron chi connectivity index (χ4n) is 1.72. The van der Waals surface area contributed by atoms with Crippen LogP contribution in [0.1, 0.15) is 13.3 Å². The van der Waals surface area contributed by atoms with Crippen molar-refractivity contribution in [3.63, 3.8) is 0 Å². The number of carbonyl (C=O) groups is 2. The quantitative estimate of drug-likeness (QED) is 0.783. The van der Waals surface area contributed by atoms with Crippen molar-refractivity contribution < 1.29 is 9.59 Å². The Morgan fingerprint density at radius 2 is 2.11 bits per heavy atom. The van der Waals surface area contributed by atoms with Crippen molar-refractivity contribution in [2.75, 3.05) is 22.3 Å². The number of anilines is 2. The predicted molar refractivity (Wildman–Crippen MR) is 78.2 cm³/mol. The van der Waals surface area contributed by atoms with Crippen LogP contribution in [0.25, 0.3) is 0 Å². The number of hydrogen-bond acceptors (Lipinski definition) is 4. The maximum Gasteiger partial charge on any atom is 0.242 e. The Balaban J connectivity index is 1.98. The second-order valence-corrected chi connectivity index (χ2v) is 5.27. The third-order valence-electron chi connectivity index (χ3n) is 2.77. The summed E-state index contributed by atoms with van der Waals surface area (Å²) in [5.74, 6) is 1.52. The largest absolute Gasteiger partial charge is 0.326 e. The Morgan fingerprint density at radius 3 is 2.74 bits per heavy atom. The summed E-state index contributed by atoms with van der Waals surface area (Å²) in [5.41, 5.74) is 1.39. The van der Waals surface area contributed by atoms with Crippen molar-refractivity contribution in [2.45, 2.75) is 19.4 Å². The van der Waals surface area contributed by atoms with Crippen LogP contribution in [0.3, 0.4) is 0 Å². The minimum Gasteiger partial charge on any atom is -0.326 e. The molecular formula is C13H17N3O2S. The second kappa shape index (κ2) is 6.58. The minimum absolute atomic E-state index is 0.0380. The zero-order valence-electron chi connectivity index (χ0n) is 10.7. The first-order valence-corrected chi connectivity index (χ1v) is 7.36. The lowest BCUT2D eigenvalue weighted by Crippen LogP contribution is -2.37. The first-order valence-electron chi connectivity index (χ1n) is 6.21. The van der Waals surface area contributed by atoms with Gasteiger partial charge in [0.2, 0.25) is 11.8 Å².